The van der Waals surface area contributed by atoms with Gasteiger partial charge in [0.2, 0.25) is 0 Å². The Bertz CT molecular complexity index is 491. The average Bonchev–Trinajstić information content (AvgIpc) is 2.59. The molecule has 2 aromatic rings. The van der Waals surface area contributed by atoms with E-state index in [9.17, 15) is 0 Å². The van der Waals surface area contributed by atoms with Gasteiger partial charge in [0.1, 0.15) is 0 Å². The van der Waals surface area contributed by atoms with E-state index in [0.29, 0.717) is 6.54 Å². The first-order valence-corrected chi connectivity index (χ1v) is 5.63. The van der Waals surface area contributed by atoms with Crippen LogP contribution in [0.15, 0.2) is 30.5 Å². The van der Waals surface area contributed by atoms with E-state index >= 15 is 0 Å². The second-order valence-electron chi connectivity index (χ2n) is 3.69. The van der Waals surface area contributed by atoms with Crippen molar-refractivity contribution < 1.29 is 0 Å². The molecule has 2 rings (SSSR count). The van der Waals surface area contributed by atoms with Crippen LogP contribution in [0.1, 0.15) is 18.2 Å². The van der Waals surface area contributed by atoms with Crippen LogP contribution >= 0.6 is 11.6 Å². The van der Waals surface area contributed by atoms with Crippen LogP contribution in [0.25, 0.3) is 0 Å². The number of nitrogens with two attached hydrogens (primary N) is 1. The smallest absolute Gasteiger partial charge is 0.0733 e. The lowest BCUT2D eigenvalue weighted by molar-refractivity contribution is 0.650. The van der Waals surface area contributed by atoms with Gasteiger partial charge in [0, 0.05) is 5.02 Å². The zero-order chi connectivity index (χ0) is 11.5. The van der Waals surface area contributed by atoms with Crippen LogP contribution in [0.3, 0.4) is 0 Å². The number of nitrogen functional groups attached to an aromatic ring is 1. The van der Waals surface area contributed by atoms with Gasteiger partial charge in [0.25, 0.3) is 0 Å². The topological polar surface area (TPSA) is 43.8 Å². The number of nitrogens with zero attached hydrogens (tertiary/aromatic N) is 2. The average molecular weight is 236 g/mol. The minimum atomic E-state index is 0.709. The van der Waals surface area contributed by atoms with Gasteiger partial charge >= 0.3 is 0 Å². The maximum Gasteiger partial charge on any atom is 0.0733 e. The molecule has 1 aromatic carbocycles. The van der Waals surface area contributed by atoms with E-state index in [0.717, 1.165) is 28.4 Å². The molecule has 0 aliphatic carbocycles. The molecular formula is C12H14ClN3. The Morgan fingerprint density at radius 1 is 1.44 bits per heavy atom. The summed E-state index contributed by atoms with van der Waals surface area (Å²) >= 11 is 5.94. The van der Waals surface area contributed by atoms with Gasteiger partial charge in [-0.05, 0) is 24.1 Å². The Morgan fingerprint density at radius 2 is 2.25 bits per heavy atom. The van der Waals surface area contributed by atoms with Gasteiger partial charge in [-0.2, -0.15) is 5.10 Å². The summed E-state index contributed by atoms with van der Waals surface area (Å²) in [6.07, 6.45) is 2.58. The molecule has 2 N–H and O–H groups in total. The lowest BCUT2D eigenvalue weighted by Gasteiger charge is -2.06. The molecule has 84 valence electrons. The molecule has 0 aliphatic rings. The Labute approximate surface area is 99.8 Å². The summed E-state index contributed by atoms with van der Waals surface area (Å²) < 4.78 is 1.92. The number of rotatable bonds is 3. The summed E-state index contributed by atoms with van der Waals surface area (Å²) in [6.45, 7) is 2.78. The zero-order valence-corrected chi connectivity index (χ0v) is 9.91. The monoisotopic (exact) mass is 235 g/mol. The molecule has 0 saturated carbocycles. The number of anilines is 1. The van der Waals surface area contributed by atoms with Gasteiger partial charge in [-0.15, -0.1) is 0 Å². The minimum absolute atomic E-state index is 0.709. The van der Waals surface area contributed by atoms with E-state index in [2.05, 4.69) is 12.0 Å². The van der Waals surface area contributed by atoms with Crippen LogP contribution < -0.4 is 5.73 Å². The molecule has 4 heteroatoms. The Kier molecular flexibility index (Phi) is 3.15. The van der Waals surface area contributed by atoms with Crippen LogP contribution in [0.4, 0.5) is 5.69 Å². The van der Waals surface area contributed by atoms with E-state index in [4.69, 9.17) is 17.3 Å². The molecule has 16 heavy (non-hydrogen) atoms. The third-order valence-corrected chi connectivity index (χ3v) is 2.77. The predicted molar refractivity (Wildman–Crippen MR) is 66.6 cm³/mol. The van der Waals surface area contributed by atoms with Crippen molar-refractivity contribution in [2.75, 3.05) is 5.73 Å². The molecule has 0 saturated heterocycles. The first-order valence-electron chi connectivity index (χ1n) is 5.25. The van der Waals surface area contributed by atoms with Crippen LogP contribution in [-0.2, 0) is 13.0 Å². The Balaban J connectivity index is 2.27. The molecule has 0 spiro atoms. The molecule has 1 heterocycles. The van der Waals surface area contributed by atoms with Gasteiger partial charge < -0.3 is 5.73 Å². The highest BCUT2D eigenvalue weighted by molar-refractivity contribution is 6.30. The molecule has 0 fully saturated rings. The summed E-state index contributed by atoms with van der Waals surface area (Å²) in [7, 11) is 0. The molecular weight excluding hydrogens is 222 g/mol. The first-order chi connectivity index (χ1) is 7.70. The zero-order valence-electron chi connectivity index (χ0n) is 9.15. The third-order valence-electron chi connectivity index (χ3n) is 2.54. The Hall–Kier alpha value is -1.48. The van der Waals surface area contributed by atoms with E-state index in [-0.39, 0.29) is 0 Å². The number of aromatic nitrogens is 2. The van der Waals surface area contributed by atoms with Gasteiger partial charge in [-0.1, -0.05) is 30.7 Å². The fourth-order valence-corrected chi connectivity index (χ4v) is 1.97. The van der Waals surface area contributed by atoms with Crippen molar-refractivity contribution in [2.45, 2.75) is 19.9 Å². The lowest BCUT2D eigenvalue weighted by atomic mass is 10.2. The highest BCUT2D eigenvalue weighted by atomic mass is 35.5. The standard InChI is InChI=1S/C12H14ClN3/c1-2-12-11(14)7-15-16(12)8-9-4-3-5-10(13)6-9/h3-7H,2,8,14H2,1H3. The molecule has 0 unspecified atom stereocenters. The van der Waals surface area contributed by atoms with Crippen LogP contribution in [0.5, 0.6) is 0 Å². The predicted octanol–water partition coefficient (Wildman–Crippen LogP) is 2.73. The van der Waals surface area contributed by atoms with Crippen molar-refractivity contribution in [3.8, 4) is 0 Å². The van der Waals surface area contributed by atoms with E-state index in [1.807, 2.05) is 28.9 Å². The Morgan fingerprint density at radius 3 is 2.94 bits per heavy atom. The van der Waals surface area contributed by atoms with E-state index in [1.165, 1.54) is 0 Å². The minimum Gasteiger partial charge on any atom is -0.396 e. The maximum absolute atomic E-state index is 5.94. The first kappa shape index (κ1) is 11.0. The van der Waals surface area contributed by atoms with Gasteiger partial charge in [0.05, 0.1) is 24.1 Å². The molecule has 0 bridgehead atoms. The second kappa shape index (κ2) is 4.58. The van der Waals surface area contributed by atoms with Crippen LogP contribution in [0, 0.1) is 0 Å². The quantitative estimate of drug-likeness (QED) is 0.889. The highest BCUT2D eigenvalue weighted by Gasteiger charge is 2.06. The van der Waals surface area contributed by atoms with E-state index < -0.39 is 0 Å². The lowest BCUT2D eigenvalue weighted by Crippen LogP contribution is -2.06. The van der Waals surface area contributed by atoms with Crippen molar-refractivity contribution >= 4 is 17.3 Å². The van der Waals surface area contributed by atoms with Crippen molar-refractivity contribution in [1.82, 2.24) is 9.78 Å². The summed E-state index contributed by atoms with van der Waals surface area (Å²) in [5, 5.41) is 5.01. The van der Waals surface area contributed by atoms with Crippen molar-refractivity contribution in [1.29, 1.82) is 0 Å². The fourth-order valence-electron chi connectivity index (χ4n) is 1.76. The SMILES string of the molecule is CCc1c(N)cnn1Cc1cccc(Cl)c1. The van der Waals surface area contributed by atoms with Crippen molar-refractivity contribution in [2.24, 2.45) is 0 Å². The highest BCUT2D eigenvalue weighted by Crippen LogP contribution is 2.15. The third kappa shape index (κ3) is 2.19. The molecule has 0 amide bonds. The van der Waals surface area contributed by atoms with Gasteiger partial charge in [0.15, 0.2) is 0 Å². The molecule has 0 atom stereocenters. The van der Waals surface area contributed by atoms with E-state index in [1.54, 1.807) is 6.20 Å². The number of benzene rings is 1. The number of halogens is 1. The normalized spacial score (nSPS) is 10.6. The van der Waals surface area contributed by atoms with Crippen molar-refractivity contribution in [3.63, 3.8) is 0 Å². The molecule has 3 nitrogen and oxygen atoms in total. The summed E-state index contributed by atoms with van der Waals surface area (Å²) in [5.74, 6) is 0. The van der Waals surface area contributed by atoms with Crippen LogP contribution in [-0.4, -0.2) is 9.78 Å². The van der Waals surface area contributed by atoms with Crippen LogP contribution in [0.2, 0.25) is 5.02 Å². The number of hydrogen-bond donors (Lipinski definition) is 1. The second-order valence-corrected chi connectivity index (χ2v) is 4.12. The summed E-state index contributed by atoms with van der Waals surface area (Å²) in [4.78, 5) is 0. The summed E-state index contributed by atoms with van der Waals surface area (Å²) in [5.41, 5.74) is 8.78. The van der Waals surface area contributed by atoms with Gasteiger partial charge in [-0.3, -0.25) is 4.68 Å². The molecule has 0 radical (unpaired) electrons. The maximum atomic E-state index is 5.94. The molecule has 0 aliphatic heterocycles. The molecule has 1 aromatic heterocycles. The fraction of sp³-hybridized carbons (Fsp3) is 0.250. The van der Waals surface area contributed by atoms with Gasteiger partial charge in [-0.25, -0.2) is 0 Å². The summed E-state index contributed by atoms with van der Waals surface area (Å²) in [6, 6.07) is 7.78. The number of hydrogen-bond acceptors (Lipinski definition) is 2. The van der Waals surface area contributed by atoms with Crippen molar-refractivity contribution in [3.05, 3.63) is 46.7 Å². The largest absolute Gasteiger partial charge is 0.396 e.